The van der Waals surface area contributed by atoms with Crippen LogP contribution < -0.4 is 5.73 Å². The Bertz CT molecular complexity index is 1100. The number of carbonyl (C=O) groups excluding carboxylic acids is 2. The van der Waals surface area contributed by atoms with Crippen LogP contribution in [0.25, 0.3) is 0 Å². The molecule has 1 unspecified atom stereocenters. The molecule has 0 aromatic rings. The zero-order valence-electron chi connectivity index (χ0n) is 33.2. The number of esters is 1. The van der Waals surface area contributed by atoms with Gasteiger partial charge in [-0.3, -0.25) is 18.6 Å². The smallest absolute Gasteiger partial charge is 0.472 e. The Labute approximate surface area is 322 Å². The van der Waals surface area contributed by atoms with Crippen LogP contribution in [-0.2, 0) is 32.7 Å². The summed E-state index contributed by atoms with van der Waals surface area (Å²) in [7, 11) is -4.33. The van der Waals surface area contributed by atoms with Crippen LogP contribution in [0.4, 0.5) is 0 Å². The summed E-state index contributed by atoms with van der Waals surface area (Å²) in [5, 5.41) is 0. The molecule has 0 saturated carbocycles. The zero-order valence-corrected chi connectivity index (χ0v) is 34.1. The Balaban J connectivity index is 4.30. The zero-order chi connectivity index (χ0) is 38.9. The third-order valence-electron chi connectivity index (χ3n) is 8.14. The molecule has 0 aromatic heterocycles. The van der Waals surface area contributed by atoms with Crippen molar-refractivity contribution in [3.8, 4) is 0 Å². The summed E-state index contributed by atoms with van der Waals surface area (Å²) in [6, 6.07) is 0. The number of unbranched alkanes of at least 4 members (excludes halogenated alkanes) is 14. The fourth-order valence-corrected chi connectivity index (χ4v) is 5.84. The molecule has 0 saturated heterocycles. The summed E-state index contributed by atoms with van der Waals surface area (Å²) in [4.78, 5) is 34.1. The highest BCUT2D eigenvalue weighted by Gasteiger charge is 2.25. The average molecular weight is 764 g/mol. The van der Waals surface area contributed by atoms with Gasteiger partial charge in [-0.05, 0) is 82.8 Å². The van der Waals surface area contributed by atoms with E-state index in [-0.39, 0.29) is 38.6 Å². The molecule has 0 heterocycles. The van der Waals surface area contributed by atoms with Crippen molar-refractivity contribution in [3.63, 3.8) is 0 Å². The fourth-order valence-electron chi connectivity index (χ4n) is 5.08. The lowest BCUT2D eigenvalue weighted by Gasteiger charge is -2.19. The Kier molecular flexibility index (Phi) is 37.3. The Morgan fingerprint density at radius 2 is 1.21 bits per heavy atom. The normalized spacial score (nSPS) is 14.1. The Morgan fingerprint density at radius 3 is 1.89 bits per heavy atom. The van der Waals surface area contributed by atoms with Crippen LogP contribution in [0, 0.1) is 0 Å². The molecule has 0 rings (SSSR count). The highest BCUT2D eigenvalue weighted by Crippen LogP contribution is 2.43. The fraction of sp³-hybridized carbons (Fsp3) is 0.674. The van der Waals surface area contributed by atoms with Gasteiger partial charge in [-0.25, -0.2) is 4.57 Å². The molecule has 0 amide bonds. The minimum absolute atomic E-state index is 0.0148. The van der Waals surface area contributed by atoms with E-state index in [4.69, 9.17) is 24.3 Å². The minimum Gasteiger partial charge on any atom is -0.498 e. The lowest BCUT2D eigenvalue weighted by Crippen LogP contribution is -2.27. The van der Waals surface area contributed by atoms with Crippen molar-refractivity contribution in [1.82, 2.24) is 0 Å². The number of ether oxygens (including phenoxy) is 2. The topological polar surface area (TPSA) is 134 Å². The number of allylic oxidation sites excluding steroid dienone is 11. The Hall–Kier alpha value is -2.55. The SMILES string of the molecule is CCCCCCCC/C=C\CCCCCC/C=C/OC[C@H](COP(=O)(O)OCCN)OC(=O)CCC/C=C\C/C=C\C/C=C\C=C\C(=O)CCCCC. The van der Waals surface area contributed by atoms with E-state index >= 15 is 0 Å². The molecule has 0 radical (unpaired) electrons. The summed E-state index contributed by atoms with van der Waals surface area (Å²) < 4.78 is 33.0. The highest BCUT2D eigenvalue weighted by atomic mass is 31.2. The molecular weight excluding hydrogens is 689 g/mol. The van der Waals surface area contributed by atoms with E-state index < -0.39 is 19.9 Å². The predicted molar refractivity (Wildman–Crippen MR) is 219 cm³/mol. The largest absolute Gasteiger partial charge is 0.498 e. The molecule has 10 heteroatoms. The lowest BCUT2D eigenvalue weighted by atomic mass is 10.1. The second-order valence-corrected chi connectivity index (χ2v) is 14.7. The number of ketones is 1. The summed E-state index contributed by atoms with van der Waals surface area (Å²) >= 11 is 0. The van der Waals surface area contributed by atoms with Crippen LogP contribution in [0.5, 0.6) is 0 Å². The molecule has 2 atom stereocenters. The summed E-state index contributed by atoms with van der Waals surface area (Å²) in [6.07, 6.45) is 45.7. The van der Waals surface area contributed by atoms with Gasteiger partial charge in [0.05, 0.1) is 19.5 Å². The van der Waals surface area contributed by atoms with Gasteiger partial charge >= 0.3 is 13.8 Å². The molecule has 0 aliphatic carbocycles. The number of hydrogen-bond donors (Lipinski definition) is 2. The number of phosphoric ester groups is 1. The maximum absolute atomic E-state index is 12.5. The number of phosphoric acid groups is 1. The molecule has 0 fully saturated rings. The first-order valence-electron chi connectivity index (χ1n) is 20.4. The molecule has 0 aliphatic rings. The van der Waals surface area contributed by atoms with Crippen LogP contribution in [0.3, 0.4) is 0 Å². The molecule has 0 spiro atoms. The first kappa shape index (κ1) is 50.5. The Morgan fingerprint density at radius 1 is 0.642 bits per heavy atom. The predicted octanol–water partition coefficient (Wildman–Crippen LogP) is 11.5. The molecule has 3 N–H and O–H groups in total. The van der Waals surface area contributed by atoms with Gasteiger partial charge in [-0.1, -0.05) is 126 Å². The first-order chi connectivity index (χ1) is 25.8. The number of hydrogen-bond acceptors (Lipinski definition) is 8. The van der Waals surface area contributed by atoms with Crippen molar-refractivity contribution in [2.24, 2.45) is 5.73 Å². The molecule has 304 valence electrons. The molecule has 53 heavy (non-hydrogen) atoms. The third-order valence-corrected chi connectivity index (χ3v) is 9.12. The van der Waals surface area contributed by atoms with Gasteiger partial charge in [0.15, 0.2) is 11.9 Å². The van der Waals surface area contributed by atoms with Crippen LogP contribution >= 0.6 is 7.82 Å². The van der Waals surface area contributed by atoms with E-state index in [9.17, 15) is 19.0 Å². The van der Waals surface area contributed by atoms with Gasteiger partial charge in [-0.15, -0.1) is 0 Å². The molecular formula is C43H74NO8P. The van der Waals surface area contributed by atoms with E-state index in [1.54, 1.807) is 18.4 Å². The molecule has 0 aliphatic heterocycles. The van der Waals surface area contributed by atoms with Crippen LogP contribution in [0.15, 0.2) is 73.1 Å². The van der Waals surface area contributed by atoms with Crippen molar-refractivity contribution in [1.29, 1.82) is 0 Å². The van der Waals surface area contributed by atoms with Gasteiger partial charge < -0.3 is 20.1 Å². The summed E-state index contributed by atoms with van der Waals surface area (Å²) in [5.41, 5.74) is 5.34. The number of nitrogens with two attached hydrogens (primary N) is 1. The van der Waals surface area contributed by atoms with E-state index in [1.165, 1.54) is 57.8 Å². The first-order valence-corrected chi connectivity index (χ1v) is 21.9. The summed E-state index contributed by atoms with van der Waals surface area (Å²) in [6.45, 7) is 3.95. The highest BCUT2D eigenvalue weighted by molar-refractivity contribution is 7.47. The van der Waals surface area contributed by atoms with Gasteiger partial charge in [0, 0.05) is 19.4 Å². The van der Waals surface area contributed by atoms with Crippen LogP contribution in [0.2, 0.25) is 0 Å². The second kappa shape index (κ2) is 39.2. The van der Waals surface area contributed by atoms with Crippen molar-refractivity contribution in [3.05, 3.63) is 73.1 Å². The average Bonchev–Trinajstić information content (AvgIpc) is 3.14. The van der Waals surface area contributed by atoms with Gasteiger partial charge in [0.1, 0.15) is 6.61 Å². The second-order valence-electron chi connectivity index (χ2n) is 13.2. The van der Waals surface area contributed by atoms with Gasteiger partial charge in [0.2, 0.25) is 0 Å². The van der Waals surface area contributed by atoms with E-state index in [2.05, 4.69) is 38.2 Å². The number of rotatable bonds is 38. The van der Waals surface area contributed by atoms with Gasteiger partial charge in [0.25, 0.3) is 0 Å². The molecule has 0 bridgehead atoms. The minimum atomic E-state index is -4.33. The van der Waals surface area contributed by atoms with Crippen molar-refractivity contribution in [2.45, 2.75) is 161 Å². The maximum Gasteiger partial charge on any atom is 0.472 e. The lowest BCUT2D eigenvalue weighted by molar-refractivity contribution is -0.153. The standard InChI is InChI=1S/C43H74NO8P/c1-3-5-7-8-9-10-11-12-13-14-15-19-22-25-28-32-37-49-39-42(40-51-53(47,48)50-38-36-44)52-43(46)35-31-27-24-21-18-16-17-20-23-26-30-34-41(45)33-29-6-4-2/h12-13,16-17,21,23-24,26,30,32,34,37,42H,3-11,14-15,18-20,22,25,27-29,31,33,35-36,38-40,44H2,1-2H3,(H,47,48)/b13-12-,17-16-,24-21-,26-23-,34-30+,37-32+/t42-/m1/s1. The van der Waals surface area contributed by atoms with Crippen LogP contribution in [-0.4, -0.2) is 49.1 Å². The third kappa shape index (κ3) is 39.0. The van der Waals surface area contributed by atoms with Crippen LogP contribution in [0.1, 0.15) is 155 Å². The maximum atomic E-state index is 12.5. The van der Waals surface area contributed by atoms with E-state index in [0.29, 0.717) is 12.8 Å². The van der Waals surface area contributed by atoms with Gasteiger partial charge in [-0.2, -0.15) is 0 Å². The van der Waals surface area contributed by atoms with E-state index in [0.717, 1.165) is 64.2 Å². The quantitative estimate of drug-likeness (QED) is 0.0120. The van der Waals surface area contributed by atoms with Crippen molar-refractivity contribution < 1.29 is 37.6 Å². The molecule has 9 nitrogen and oxygen atoms in total. The van der Waals surface area contributed by atoms with Crippen molar-refractivity contribution in [2.75, 3.05) is 26.4 Å². The monoisotopic (exact) mass is 764 g/mol. The van der Waals surface area contributed by atoms with Crippen molar-refractivity contribution >= 4 is 19.6 Å². The van der Waals surface area contributed by atoms with E-state index in [1.807, 2.05) is 30.4 Å². The summed E-state index contributed by atoms with van der Waals surface area (Å²) in [5.74, 6) is -0.259. The number of carbonyl (C=O) groups is 2. The molecule has 0 aromatic carbocycles.